The highest BCUT2D eigenvalue weighted by Gasteiger charge is 2.09. The summed E-state index contributed by atoms with van der Waals surface area (Å²) in [5, 5.41) is 9.09. The Morgan fingerprint density at radius 1 is 1.56 bits per heavy atom. The molecule has 5 heteroatoms. The van der Waals surface area contributed by atoms with Gasteiger partial charge in [0.25, 0.3) is 0 Å². The van der Waals surface area contributed by atoms with Crippen molar-refractivity contribution in [2.24, 2.45) is 0 Å². The Morgan fingerprint density at radius 3 is 2.81 bits per heavy atom. The number of carboxylic acids is 1. The molecular formula is C11H12BrClO3. The van der Waals surface area contributed by atoms with Gasteiger partial charge in [-0.25, -0.2) is 0 Å². The number of aliphatic carboxylic acids is 1. The molecule has 0 radical (unpaired) electrons. The normalized spacial score (nSPS) is 10.2. The third-order valence-electron chi connectivity index (χ3n) is 2.13. The van der Waals surface area contributed by atoms with Crippen LogP contribution in [0.15, 0.2) is 16.6 Å². The maximum atomic E-state index is 10.4. The highest BCUT2D eigenvalue weighted by molar-refractivity contribution is 9.10. The second-order valence-electron chi connectivity index (χ2n) is 3.33. The van der Waals surface area contributed by atoms with E-state index in [9.17, 15) is 4.79 Å². The number of rotatable bonds is 5. The predicted octanol–water partition coefficient (Wildman–Crippen LogP) is 3.52. The number of halogens is 2. The lowest BCUT2D eigenvalue weighted by Gasteiger charge is -2.10. The van der Waals surface area contributed by atoms with Gasteiger partial charge in [0.05, 0.1) is 12.1 Å². The van der Waals surface area contributed by atoms with E-state index >= 15 is 0 Å². The maximum absolute atomic E-state index is 10.4. The molecule has 88 valence electrons. The molecule has 0 aromatic heterocycles. The largest absolute Gasteiger partial charge is 0.495 e. The number of benzene rings is 1. The van der Waals surface area contributed by atoms with Crippen LogP contribution in [-0.2, 0) is 11.2 Å². The molecule has 0 spiro atoms. The van der Waals surface area contributed by atoms with Crippen molar-refractivity contribution in [1.82, 2.24) is 0 Å². The monoisotopic (exact) mass is 306 g/mol. The van der Waals surface area contributed by atoms with E-state index in [1.165, 1.54) is 0 Å². The van der Waals surface area contributed by atoms with Gasteiger partial charge in [-0.3, -0.25) is 4.79 Å². The summed E-state index contributed by atoms with van der Waals surface area (Å²) >= 11 is 9.35. The number of ether oxygens (including phenoxy) is 1. The molecule has 1 aromatic carbocycles. The van der Waals surface area contributed by atoms with E-state index in [0.29, 0.717) is 23.6 Å². The Labute approximate surface area is 107 Å². The van der Waals surface area contributed by atoms with Gasteiger partial charge in [0.15, 0.2) is 0 Å². The average Bonchev–Trinajstić information content (AvgIpc) is 2.16. The minimum absolute atomic E-state index is 0.146. The lowest BCUT2D eigenvalue weighted by atomic mass is 10.1. The molecule has 0 fully saturated rings. The summed E-state index contributed by atoms with van der Waals surface area (Å²) < 4.78 is 6.05. The van der Waals surface area contributed by atoms with Crippen LogP contribution in [0.25, 0.3) is 0 Å². The fourth-order valence-corrected chi connectivity index (χ4v) is 2.41. The zero-order chi connectivity index (χ0) is 12.1. The molecule has 0 aliphatic heterocycles. The second kappa shape index (κ2) is 6.11. The molecule has 0 atom stereocenters. The maximum Gasteiger partial charge on any atom is 0.303 e. The molecule has 0 saturated heterocycles. The molecule has 1 aromatic rings. The minimum Gasteiger partial charge on any atom is -0.495 e. The quantitative estimate of drug-likeness (QED) is 0.905. The fourth-order valence-electron chi connectivity index (χ4n) is 1.46. The summed E-state index contributed by atoms with van der Waals surface area (Å²) in [4.78, 5) is 10.4. The molecule has 0 bridgehead atoms. The van der Waals surface area contributed by atoms with Crippen LogP contribution in [0.2, 0.25) is 5.02 Å². The molecule has 3 nitrogen and oxygen atoms in total. The molecule has 0 amide bonds. The van der Waals surface area contributed by atoms with Crippen molar-refractivity contribution in [1.29, 1.82) is 0 Å². The molecular weight excluding hydrogens is 295 g/mol. The van der Waals surface area contributed by atoms with Gasteiger partial charge in [0, 0.05) is 10.9 Å². The molecule has 0 aliphatic rings. The summed E-state index contributed by atoms with van der Waals surface area (Å²) in [6, 6.07) is 3.65. The van der Waals surface area contributed by atoms with Crippen LogP contribution in [0.4, 0.5) is 0 Å². The van der Waals surface area contributed by atoms with E-state index in [2.05, 4.69) is 15.9 Å². The van der Waals surface area contributed by atoms with Crippen molar-refractivity contribution in [2.75, 3.05) is 7.11 Å². The zero-order valence-electron chi connectivity index (χ0n) is 8.80. The molecule has 0 saturated carbocycles. The molecule has 0 unspecified atom stereocenters. The summed E-state index contributed by atoms with van der Waals surface area (Å²) in [6.07, 6.45) is 1.35. The lowest BCUT2D eigenvalue weighted by molar-refractivity contribution is -0.137. The van der Waals surface area contributed by atoms with Gasteiger partial charge in [-0.15, -0.1) is 0 Å². The van der Waals surface area contributed by atoms with Gasteiger partial charge in [-0.1, -0.05) is 27.5 Å². The Bertz CT molecular complexity index is 393. The van der Waals surface area contributed by atoms with E-state index in [1.54, 1.807) is 13.2 Å². The van der Waals surface area contributed by atoms with Crippen molar-refractivity contribution in [3.8, 4) is 5.75 Å². The van der Waals surface area contributed by atoms with E-state index < -0.39 is 5.97 Å². The highest BCUT2D eigenvalue weighted by atomic mass is 79.9. The van der Waals surface area contributed by atoms with Crippen LogP contribution in [0.5, 0.6) is 5.75 Å². The van der Waals surface area contributed by atoms with Gasteiger partial charge >= 0.3 is 5.97 Å². The summed E-state index contributed by atoms with van der Waals surface area (Å²) in [5.41, 5.74) is 0.920. The predicted molar refractivity (Wildman–Crippen MR) is 66.3 cm³/mol. The molecule has 0 aliphatic carbocycles. The van der Waals surface area contributed by atoms with E-state index in [-0.39, 0.29) is 6.42 Å². The number of carbonyl (C=O) groups is 1. The number of carboxylic acid groups (broad SMARTS) is 1. The van der Waals surface area contributed by atoms with Crippen molar-refractivity contribution in [3.63, 3.8) is 0 Å². The lowest BCUT2D eigenvalue weighted by Crippen LogP contribution is -1.98. The number of hydrogen-bond acceptors (Lipinski definition) is 2. The Morgan fingerprint density at radius 2 is 2.25 bits per heavy atom. The number of methoxy groups -OCH3 is 1. The van der Waals surface area contributed by atoms with Gasteiger partial charge < -0.3 is 9.84 Å². The Hall–Kier alpha value is -0.740. The average molecular weight is 308 g/mol. The van der Waals surface area contributed by atoms with Crippen LogP contribution in [-0.4, -0.2) is 18.2 Å². The summed E-state index contributed by atoms with van der Waals surface area (Å²) in [7, 11) is 1.55. The van der Waals surface area contributed by atoms with E-state index in [4.69, 9.17) is 21.4 Å². The Kier molecular flexibility index (Phi) is 5.09. The molecule has 0 heterocycles. The van der Waals surface area contributed by atoms with Crippen molar-refractivity contribution >= 4 is 33.5 Å². The standard InChI is InChI=1S/C11H12BrClO3/c1-16-11-7(3-2-4-10(14)15)5-8(12)6-9(11)13/h5-6H,2-4H2,1H3,(H,14,15). The third kappa shape index (κ3) is 3.68. The van der Waals surface area contributed by atoms with Crippen LogP contribution >= 0.6 is 27.5 Å². The van der Waals surface area contributed by atoms with Crippen LogP contribution in [0.1, 0.15) is 18.4 Å². The Balaban J connectivity index is 2.81. The minimum atomic E-state index is -0.792. The first-order valence-corrected chi connectivity index (χ1v) is 5.95. The zero-order valence-corrected chi connectivity index (χ0v) is 11.1. The first-order chi connectivity index (χ1) is 7.54. The fraction of sp³-hybridized carbons (Fsp3) is 0.364. The topological polar surface area (TPSA) is 46.5 Å². The summed E-state index contributed by atoms with van der Waals surface area (Å²) in [5.74, 6) is -0.171. The van der Waals surface area contributed by atoms with Gasteiger partial charge in [0.2, 0.25) is 0 Å². The van der Waals surface area contributed by atoms with Gasteiger partial charge in [-0.05, 0) is 30.5 Å². The molecule has 1 N–H and O–H groups in total. The van der Waals surface area contributed by atoms with Crippen LogP contribution in [0, 0.1) is 0 Å². The highest BCUT2D eigenvalue weighted by Crippen LogP contribution is 2.33. The SMILES string of the molecule is COc1c(Cl)cc(Br)cc1CCCC(=O)O. The number of hydrogen-bond donors (Lipinski definition) is 1. The molecule has 1 rings (SSSR count). The van der Waals surface area contributed by atoms with Gasteiger partial charge in [0.1, 0.15) is 5.75 Å². The van der Waals surface area contributed by atoms with Crippen molar-refractivity contribution in [3.05, 3.63) is 27.2 Å². The third-order valence-corrected chi connectivity index (χ3v) is 2.86. The first-order valence-electron chi connectivity index (χ1n) is 4.78. The second-order valence-corrected chi connectivity index (χ2v) is 4.65. The number of aryl methyl sites for hydroxylation is 1. The first kappa shape index (κ1) is 13.3. The van der Waals surface area contributed by atoms with Crippen LogP contribution < -0.4 is 4.74 Å². The summed E-state index contributed by atoms with van der Waals surface area (Å²) in [6.45, 7) is 0. The molecule has 16 heavy (non-hydrogen) atoms. The smallest absolute Gasteiger partial charge is 0.303 e. The van der Waals surface area contributed by atoms with E-state index in [0.717, 1.165) is 10.0 Å². The van der Waals surface area contributed by atoms with Crippen molar-refractivity contribution < 1.29 is 14.6 Å². The van der Waals surface area contributed by atoms with Gasteiger partial charge in [-0.2, -0.15) is 0 Å². The van der Waals surface area contributed by atoms with Crippen molar-refractivity contribution in [2.45, 2.75) is 19.3 Å². The van der Waals surface area contributed by atoms with Crippen LogP contribution in [0.3, 0.4) is 0 Å². The van der Waals surface area contributed by atoms with E-state index in [1.807, 2.05) is 6.07 Å².